The minimum atomic E-state index is -0.164. The number of benzene rings is 1. The Bertz CT molecular complexity index is 407. The van der Waals surface area contributed by atoms with E-state index >= 15 is 0 Å². The Hall–Kier alpha value is -0.600. The summed E-state index contributed by atoms with van der Waals surface area (Å²) in [4.78, 5) is 0. The molecule has 19 heavy (non-hydrogen) atoms. The monoisotopic (exact) mass is 283 g/mol. The van der Waals surface area contributed by atoms with Gasteiger partial charge in [0.25, 0.3) is 0 Å². The zero-order valence-corrected chi connectivity index (χ0v) is 12.6. The Balaban J connectivity index is 2.02. The summed E-state index contributed by atoms with van der Waals surface area (Å²) in [6.45, 7) is 6.39. The van der Waals surface area contributed by atoms with Crippen molar-refractivity contribution in [3.05, 3.63) is 34.6 Å². The SMILES string of the molecule is CC(C)CNCC1(Cc2c(F)cccc2Cl)CCC1. The Kier molecular flexibility index (Phi) is 4.86. The molecule has 1 aliphatic rings. The molecule has 0 radical (unpaired) electrons. The van der Waals surface area contributed by atoms with Crippen molar-refractivity contribution in [3.63, 3.8) is 0 Å². The molecule has 1 nitrogen and oxygen atoms in total. The molecule has 0 unspecified atom stereocenters. The van der Waals surface area contributed by atoms with Crippen LogP contribution in [0.25, 0.3) is 0 Å². The lowest BCUT2D eigenvalue weighted by Gasteiger charge is -2.43. The van der Waals surface area contributed by atoms with Gasteiger partial charge in [-0.3, -0.25) is 0 Å². The van der Waals surface area contributed by atoms with Gasteiger partial charge < -0.3 is 5.32 Å². The van der Waals surface area contributed by atoms with Crippen LogP contribution in [0.1, 0.15) is 38.7 Å². The zero-order chi connectivity index (χ0) is 13.9. The van der Waals surface area contributed by atoms with Crippen LogP contribution in [0.5, 0.6) is 0 Å². The van der Waals surface area contributed by atoms with Gasteiger partial charge in [0.05, 0.1) is 0 Å². The van der Waals surface area contributed by atoms with E-state index in [1.165, 1.54) is 25.3 Å². The van der Waals surface area contributed by atoms with Gasteiger partial charge in [0.15, 0.2) is 0 Å². The van der Waals surface area contributed by atoms with E-state index < -0.39 is 0 Å². The fourth-order valence-corrected chi connectivity index (χ4v) is 3.02. The first-order chi connectivity index (χ1) is 9.02. The fourth-order valence-electron chi connectivity index (χ4n) is 2.80. The quantitative estimate of drug-likeness (QED) is 0.814. The van der Waals surface area contributed by atoms with Crippen LogP contribution < -0.4 is 5.32 Å². The van der Waals surface area contributed by atoms with Crippen molar-refractivity contribution in [2.24, 2.45) is 11.3 Å². The normalized spacial score (nSPS) is 17.5. The molecule has 0 heterocycles. The Morgan fingerprint density at radius 3 is 2.63 bits per heavy atom. The second kappa shape index (κ2) is 6.23. The number of nitrogens with one attached hydrogen (secondary N) is 1. The van der Waals surface area contributed by atoms with E-state index in [9.17, 15) is 4.39 Å². The van der Waals surface area contributed by atoms with Gasteiger partial charge in [-0.2, -0.15) is 0 Å². The van der Waals surface area contributed by atoms with Gasteiger partial charge in [0.2, 0.25) is 0 Å². The summed E-state index contributed by atoms with van der Waals surface area (Å²) < 4.78 is 13.9. The maximum absolute atomic E-state index is 13.9. The summed E-state index contributed by atoms with van der Waals surface area (Å²) >= 11 is 6.14. The molecule has 1 N–H and O–H groups in total. The van der Waals surface area contributed by atoms with Crippen LogP contribution in [0.3, 0.4) is 0 Å². The highest BCUT2D eigenvalue weighted by Gasteiger charge is 2.37. The molecule has 1 aromatic rings. The number of halogens is 2. The molecular weight excluding hydrogens is 261 g/mol. The van der Waals surface area contributed by atoms with Gasteiger partial charge in [-0.1, -0.05) is 37.9 Å². The average molecular weight is 284 g/mol. The van der Waals surface area contributed by atoms with Crippen LogP contribution in [0.4, 0.5) is 4.39 Å². The molecule has 1 aliphatic carbocycles. The van der Waals surface area contributed by atoms with E-state index in [-0.39, 0.29) is 11.2 Å². The maximum atomic E-state index is 13.9. The lowest BCUT2D eigenvalue weighted by atomic mass is 9.65. The molecule has 0 bridgehead atoms. The molecule has 0 saturated heterocycles. The first-order valence-electron chi connectivity index (χ1n) is 7.16. The highest BCUT2D eigenvalue weighted by atomic mass is 35.5. The molecule has 0 amide bonds. The largest absolute Gasteiger partial charge is 0.316 e. The summed E-state index contributed by atoms with van der Waals surface area (Å²) in [6.07, 6.45) is 4.34. The molecule has 0 aliphatic heterocycles. The van der Waals surface area contributed by atoms with E-state index in [1.54, 1.807) is 12.1 Å². The number of hydrogen-bond acceptors (Lipinski definition) is 1. The highest BCUT2D eigenvalue weighted by Crippen LogP contribution is 2.44. The van der Waals surface area contributed by atoms with Crippen molar-refractivity contribution < 1.29 is 4.39 Å². The first-order valence-corrected chi connectivity index (χ1v) is 7.54. The van der Waals surface area contributed by atoms with Crippen molar-refractivity contribution in [1.82, 2.24) is 5.32 Å². The van der Waals surface area contributed by atoms with Gasteiger partial charge in [0.1, 0.15) is 5.82 Å². The molecule has 0 spiro atoms. The standard InChI is InChI=1S/C16H23ClFN/c1-12(2)10-19-11-16(7-4-8-16)9-13-14(17)5-3-6-15(13)18/h3,5-6,12,19H,4,7-11H2,1-2H3. The van der Waals surface area contributed by atoms with E-state index in [0.717, 1.165) is 19.5 Å². The zero-order valence-electron chi connectivity index (χ0n) is 11.8. The lowest BCUT2D eigenvalue weighted by molar-refractivity contribution is 0.127. The summed E-state index contributed by atoms with van der Waals surface area (Å²) in [5.74, 6) is 0.483. The summed E-state index contributed by atoms with van der Waals surface area (Å²) in [7, 11) is 0. The third kappa shape index (κ3) is 3.70. The van der Waals surface area contributed by atoms with Gasteiger partial charge in [-0.05, 0) is 49.3 Å². The van der Waals surface area contributed by atoms with Gasteiger partial charge >= 0.3 is 0 Å². The van der Waals surface area contributed by atoms with E-state index in [1.807, 2.05) is 0 Å². The van der Waals surface area contributed by atoms with Crippen LogP contribution in [0, 0.1) is 17.2 Å². The van der Waals surface area contributed by atoms with E-state index in [2.05, 4.69) is 19.2 Å². The first kappa shape index (κ1) is 14.8. The molecule has 1 saturated carbocycles. The Morgan fingerprint density at radius 1 is 1.37 bits per heavy atom. The van der Waals surface area contributed by atoms with E-state index in [4.69, 9.17) is 11.6 Å². The Labute approximate surface area is 120 Å². The third-order valence-electron chi connectivity index (χ3n) is 4.08. The third-order valence-corrected chi connectivity index (χ3v) is 4.43. The predicted octanol–water partition coefficient (Wildman–Crippen LogP) is 4.44. The van der Waals surface area contributed by atoms with Crippen LogP contribution in [0.15, 0.2) is 18.2 Å². The van der Waals surface area contributed by atoms with Crippen molar-refractivity contribution >= 4 is 11.6 Å². The molecule has 3 heteroatoms. The van der Waals surface area contributed by atoms with Gasteiger partial charge in [0, 0.05) is 17.1 Å². The molecular formula is C16H23ClFN. The second-order valence-electron chi connectivity index (χ2n) is 6.26. The Morgan fingerprint density at radius 2 is 2.11 bits per heavy atom. The minimum absolute atomic E-state index is 0.164. The van der Waals surface area contributed by atoms with Crippen molar-refractivity contribution in [1.29, 1.82) is 0 Å². The number of hydrogen-bond donors (Lipinski definition) is 1. The van der Waals surface area contributed by atoms with Crippen LogP contribution in [0.2, 0.25) is 5.02 Å². The van der Waals surface area contributed by atoms with Crippen LogP contribution in [-0.2, 0) is 6.42 Å². The van der Waals surface area contributed by atoms with E-state index in [0.29, 0.717) is 16.5 Å². The summed E-state index contributed by atoms with van der Waals surface area (Å²) in [5, 5.41) is 4.09. The topological polar surface area (TPSA) is 12.0 Å². The molecule has 2 rings (SSSR count). The average Bonchev–Trinajstić information content (AvgIpc) is 2.29. The van der Waals surface area contributed by atoms with Crippen molar-refractivity contribution in [2.45, 2.75) is 39.5 Å². The van der Waals surface area contributed by atoms with Crippen molar-refractivity contribution in [2.75, 3.05) is 13.1 Å². The maximum Gasteiger partial charge on any atom is 0.127 e. The second-order valence-corrected chi connectivity index (χ2v) is 6.66. The predicted molar refractivity (Wildman–Crippen MR) is 79.1 cm³/mol. The molecule has 0 aromatic heterocycles. The molecule has 0 atom stereocenters. The van der Waals surface area contributed by atoms with Gasteiger partial charge in [-0.25, -0.2) is 4.39 Å². The minimum Gasteiger partial charge on any atom is -0.316 e. The fraction of sp³-hybridized carbons (Fsp3) is 0.625. The lowest BCUT2D eigenvalue weighted by Crippen LogP contribution is -2.42. The van der Waals surface area contributed by atoms with Crippen LogP contribution in [-0.4, -0.2) is 13.1 Å². The highest BCUT2D eigenvalue weighted by molar-refractivity contribution is 6.31. The van der Waals surface area contributed by atoms with Crippen LogP contribution >= 0.6 is 11.6 Å². The molecule has 1 fully saturated rings. The van der Waals surface area contributed by atoms with Gasteiger partial charge in [-0.15, -0.1) is 0 Å². The smallest absolute Gasteiger partial charge is 0.127 e. The molecule has 1 aromatic carbocycles. The molecule has 106 valence electrons. The summed E-state index contributed by atoms with van der Waals surface area (Å²) in [5.41, 5.74) is 0.899. The summed E-state index contributed by atoms with van der Waals surface area (Å²) in [6, 6.07) is 4.97. The number of rotatable bonds is 6. The van der Waals surface area contributed by atoms with Crippen molar-refractivity contribution in [3.8, 4) is 0 Å².